The fraction of sp³-hybridized carbons (Fsp3) is 0.273. The van der Waals surface area contributed by atoms with E-state index in [4.69, 9.17) is 14.8 Å². The number of fused-ring (bicyclic) bond motifs is 3. The van der Waals surface area contributed by atoms with E-state index in [1.807, 2.05) is 29.1 Å². The molecular formula is C44H44N4OPt. The Morgan fingerprint density at radius 3 is 2.26 bits per heavy atom. The summed E-state index contributed by atoms with van der Waals surface area (Å²) >= 11 is 0. The van der Waals surface area contributed by atoms with Crippen molar-refractivity contribution in [3.63, 3.8) is 0 Å². The third kappa shape index (κ3) is 6.56. The molecule has 0 spiro atoms. The molecule has 3 aromatic heterocycles. The van der Waals surface area contributed by atoms with Crippen LogP contribution in [-0.4, -0.2) is 19.3 Å². The number of aryl methyl sites for hydroxylation is 2. The zero-order valence-electron chi connectivity index (χ0n) is 30.3. The molecule has 0 fully saturated rings. The monoisotopic (exact) mass is 839 g/mol. The van der Waals surface area contributed by atoms with Crippen LogP contribution in [0.5, 0.6) is 11.5 Å². The number of rotatable bonds is 7. The first-order valence-electron chi connectivity index (χ1n) is 17.2. The molecule has 1 atom stereocenters. The Morgan fingerprint density at radius 1 is 0.780 bits per heavy atom. The summed E-state index contributed by atoms with van der Waals surface area (Å²) in [4.78, 5) is 4.88. The second kappa shape index (κ2) is 13.7. The first kappa shape index (κ1) is 35.4. The maximum absolute atomic E-state index is 6.56. The summed E-state index contributed by atoms with van der Waals surface area (Å²) < 4.78 is 10.8. The van der Waals surface area contributed by atoms with Crippen molar-refractivity contribution in [1.82, 2.24) is 19.3 Å². The molecule has 0 aliphatic heterocycles. The first-order valence-corrected chi connectivity index (χ1v) is 17.2. The molecule has 1 unspecified atom stereocenters. The van der Waals surface area contributed by atoms with Crippen LogP contribution in [0.4, 0.5) is 0 Å². The van der Waals surface area contributed by atoms with Crippen LogP contribution >= 0.6 is 0 Å². The van der Waals surface area contributed by atoms with Crippen molar-refractivity contribution < 1.29 is 25.8 Å². The van der Waals surface area contributed by atoms with Crippen molar-refractivity contribution >= 4 is 21.8 Å². The van der Waals surface area contributed by atoms with Gasteiger partial charge in [0.2, 0.25) is 0 Å². The number of ether oxygens (including phenoxy) is 1. The molecule has 7 aromatic rings. The van der Waals surface area contributed by atoms with Crippen LogP contribution in [-0.2, 0) is 26.5 Å². The smallest absolute Gasteiger partial charge is 0.509 e. The van der Waals surface area contributed by atoms with Crippen LogP contribution in [0.25, 0.3) is 44.4 Å². The van der Waals surface area contributed by atoms with Crippen molar-refractivity contribution in [3.05, 3.63) is 131 Å². The molecule has 0 saturated heterocycles. The largest absolute Gasteiger partial charge is 2.00 e. The number of hydrogen-bond acceptors (Lipinski definition) is 3. The Labute approximate surface area is 310 Å². The van der Waals surface area contributed by atoms with Gasteiger partial charge in [0.1, 0.15) is 5.82 Å². The predicted molar refractivity (Wildman–Crippen MR) is 201 cm³/mol. The average Bonchev–Trinajstić information content (AvgIpc) is 3.56. The van der Waals surface area contributed by atoms with E-state index in [0.717, 1.165) is 56.0 Å². The van der Waals surface area contributed by atoms with Crippen LogP contribution in [0.1, 0.15) is 75.5 Å². The molecular weight excluding hydrogens is 796 g/mol. The Morgan fingerprint density at radius 2 is 1.54 bits per heavy atom. The van der Waals surface area contributed by atoms with Gasteiger partial charge in [-0.1, -0.05) is 96.4 Å². The SMILES string of the molecule is Cc1cc(Oc2[c-]c3c(cc2)c2cc(C(C)C(C)C)ccc2n3-c2cc(C(C)(C)C)ccn2)[c-]c(-n2nc(C)c(-c3ccccc3)c2C)c1.[Pt+2]. The van der Waals surface area contributed by atoms with Crippen LogP contribution in [0.3, 0.4) is 0 Å². The minimum atomic E-state index is -0.0135. The van der Waals surface area contributed by atoms with Gasteiger partial charge in [-0.25, -0.2) is 4.98 Å². The van der Waals surface area contributed by atoms with Gasteiger partial charge in [0, 0.05) is 34.5 Å². The van der Waals surface area contributed by atoms with Gasteiger partial charge in [-0.05, 0) is 77.1 Å². The van der Waals surface area contributed by atoms with Crippen molar-refractivity contribution in [2.24, 2.45) is 5.92 Å². The molecule has 3 heterocycles. The summed E-state index contributed by atoms with van der Waals surface area (Å²) in [6, 6.07) is 37.0. The molecule has 0 saturated carbocycles. The molecule has 50 heavy (non-hydrogen) atoms. The van der Waals surface area contributed by atoms with Crippen molar-refractivity contribution in [3.8, 4) is 34.1 Å². The van der Waals surface area contributed by atoms with E-state index in [2.05, 4.69) is 146 Å². The van der Waals surface area contributed by atoms with Gasteiger partial charge in [-0.15, -0.1) is 35.7 Å². The van der Waals surface area contributed by atoms with Crippen LogP contribution in [0.2, 0.25) is 0 Å². The fourth-order valence-electron chi connectivity index (χ4n) is 6.76. The van der Waals surface area contributed by atoms with Crippen LogP contribution in [0.15, 0.2) is 91.1 Å². The van der Waals surface area contributed by atoms with E-state index >= 15 is 0 Å². The third-order valence-corrected chi connectivity index (χ3v) is 9.82. The number of aromatic nitrogens is 4. The summed E-state index contributed by atoms with van der Waals surface area (Å²) in [6.07, 6.45) is 1.91. The molecule has 6 heteroatoms. The second-order valence-electron chi connectivity index (χ2n) is 14.7. The predicted octanol–water partition coefficient (Wildman–Crippen LogP) is 11.4. The Bertz CT molecular complexity index is 2330. The molecule has 0 aliphatic carbocycles. The molecule has 0 bridgehead atoms. The Hall–Kier alpha value is -4.47. The topological polar surface area (TPSA) is 44.9 Å². The van der Waals surface area contributed by atoms with E-state index in [1.165, 1.54) is 16.5 Å². The maximum Gasteiger partial charge on any atom is 2.00 e. The van der Waals surface area contributed by atoms with E-state index in [9.17, 15) is 0 Å². The minimum absolute atomic E-state index is 0. The molecule has 5 nitrogen and oxygen atoms in total. The first-order chi connectivity index (χ1) is 23.4. The Kier molecular flexibility index (Phi) is 9.67. The molecule has 7 rings (SSSR count). The van der Waals surface area contributed by atoms with E-state index in [0.29, 0.717) is 23.3 Å². The van der Waals surface area contributed by atoms with Gasteiger partial charge in [0.15, 0.2) is 0 Å². The number of hydrogen-bond donors (Lipinski definition) is 0. The quantitative estimate of drug-likeness (QED) is 0.150. The van der Waals surface area contributed by atoms with E-state index in [-0.39, 0.29) is 26.5 Å². The number of pyridine rings is 1. The van der Waals surface area contributed by atoms with Crippen molar-refractivity contribution in [2.75, 3.05) is 0 Å². The zero-order valence-corrected chi connectivity index (χ0v) is 32.6. The van der Waals surface area contributed by atoms with Gasteiger partial charge < -0.3 is 9.30 Å². The zero-order chi connectivity index (χ0) is 34.6. The average molecular weight is 840 g/mol. The van der Waals surface area contributed by atoms with E-state index < -0.39 is 0 Å². The van der Waals surface area contributed by atoms with Crippen LogP contribution < -0.4 is 4.74 Å². The van der Waals surface area contributed by atoms with Crippen molar-refractivity contribution in [1.29, 1.82) is 0 Å². The van der Waals surface area contributed by atoms with Gasteiger partial charge >= 0.3 is 21.1 Å². The third-order valence-electron chi connectivity index (χ3n) is 9.82. The maximum atomic E-state index is 6.56. The Balaban J connectivity index is 0.00000432. The number of benzene rings is 4. The van der Waals surface area contributed by atoms with Crippen LogP contribution in [0, 0.1) is 38.8 Å². The van der Waals surface area contributed by atoms with E-state index in [1.54, 1.807) is 0 Å². The minimum Gasteiger partial charge on any atom is -0.509 e. The normalized spacial score (nSPS) is 12.4. The summed E-state index contributed by atoms with van der Waals surface area (Å²) in [7, 11) is 0. The standard InChI is InChI=1S/C44H44N4O.Pt/c1-27(2)29(4)33-15-18-40-39(23-33)38-17-16-36(26-41(38)47(40)42-24-34(19-20-45-42)44(7,8)9)49-37-22-28(3)21-35(25-37)48-31(6)43(30(5)46-48)32-13-11-10-12-14-32;/h10-24,27,29H,1-9H3;/q-2;+2. The molecule has 0 radical (unpaired) electrons. The van der Waals surface area contributed by atoms with Gasteiger partial charge in [0.05, 0.1) is 5.69 Å². The summed E-state index contributed by atoms with van der Waals surface area (Å²) in [5.41, 5.74) is 10.8. The summed E-state index contributed by atoms with van der Waals surface area (Å²) in [5, 5.41) is 7.23. The molecule has 4 aromatic carbocycles. The van der Waals surface area contributed by atoms with Gasteiger partial charge in [-0.3, -0.25) is 4.68 Å². The van der Waals surface area contributed by atoms with Gasteiger partial charge in [0.25, 0.3) is 0 Å². The molecule has 0 aliphatic rings. The molecule has 256 valence electrons. The summed E-state index contributed by atoms with van der Waals surface area (Å²) in [5.74, 6) is 3.08. The number of nitrogens with zero attached hydrogens (tertiary/aromatic N) is 4. The second-order valence-corrected chi connectivity index (χ2v) is 14.7. The molecule has 0 amide bonds. The van der Waals surface area contributed by atoms with Crippen molar-refractivity contribution in [2.45, 2.75) is 73.6 Å². The summed E-state index contributed by atoms with van der Waals surface area (Å²) in [6.45, 7) is 19.8. The fourth-order valence-corrected chi connectivity index (χ4v) is 6.76. The van der Waals surface area contributed by atoms with Gasteiger partial charge in [-0.2, -0.15) is 16.7 Å². The molecule has 0 N–H and O–H groups in total.